The molecule has 0 saturated carbocycles. The van der Waals surface area contributed by atoms with Gasteiger partial charge in [-0.05, 0) is 25.3 Å². The molecule has 0 atom stereocenters. The van der Waals surface area contributed by atoms with Gasteiger partial charge in [0.05, 0.1) is 17.2 Å². The first kappa shape index (κ1) is 11.6. The fraction of sp³-hybridized carbons (Fsp3) is 0.250. The molecule has 2 nitrogen and oxygen atoms in total. The Kier molecular flexibility index (Phi) is 3.63. The summed E-state index contributed by atoms with van der Waals surface area (Å²) in [6.07, 6.45) is 2.06. The van der Waals surface area contributed by atoms with Gasteiger partial charge in [0.1, 0.15) is 5.01 Å². The quantitative estimate of drug-likeness (QED) is 0.849. The van der Waals surface area contributed by atoms with Crippen LogP contribution in [0.4, 0.5) is 0 Å². The fourth-order valence-electron chi connectivity index (χ4n) is 1.43. The summed E-state index contributed by atoms with van der Waals surface area (Å²) in [5.41, 5.74) is 2.04. The number of aliphatic hydroxyl groups excluding tert-OH is 1. The summed E-state index contributed by atoms with van der Waals surface area (Å²) in [5, 5.41) is 10.1. The highest BCUT2D eigenvalue weighted by Crippen LogP contribution is 2.29. The lowest BCUT2D eigenvalue weighted by Gasteiger charge is -1.98. The van der Waals surface area contributed by atoms with Crippen molar-refractivity contribution in [1.29, 1.82) is 0 Å². The Morgan fingerprint density at radius 3 is 2.50 bits per heavy atom. The van der Waals surface area contributed by atoms with Gasteiger partial charge in [0.25, 0.3) is 0 Å². The first-order valence-corrected chi connectivity index (χ1v) is 7.00. The third kappa shape index (κ3) is 2.29. The van der Waals surface area contributed by atoms with E-state index < -0.39 is 0 Å². The molecule has 2 rings (SSSR count). The molecule has 0 aliphatic rings. The lowest BCUT2D eigenvalue weighted by molar-refractivity contribution is 0.284. The molecule has 2 aromatic rings. The molecule has 0 fully saturated rings. The molecule has 0 aliphatic carbocycles. The molecule has 84 valence electrons. The van der Waals surface area contributed by atoms with Crippen LogP contribution in [0, 0.1) is 6.92 Å². The zero-order chi connectivity index (χ0) is 11.5. The average molecular weight is 251 g/mol. The average Bonchev–Trinajstić information content (AvgIpc) is 2.71. The van der Waals surface area contributed by atoms with Crippen molar-refractivity contribution in [2.24, 2.45) is 0 Å². The van der Waals surface area contributed by atoms with E-state index in [1.165, 1.54) is 4.90 Å². The minimum atomic E-state index is 0.0758. The molecule has 4 heteroatoms. The number of benzene rings is 1. The molecular weight excluding hydrogens is 238 g/mol. The number of thioether (sulfide) groups is 1. The van der Waals surface area contributed by atoms with E-state index >= 15 is 0 Å². The van der Waals surface area contributed by atoms with Crippen LogP contribution >= 0.6 is 23.1 Å². The van der Waals surface area contributed by atoms with Crippen molar-refractivity contribution in [3.05, 3.63) is 34.8 Å². The number of thiazole rings is 1. The lowest BCUT2D eigenvalue weighted by atomic mass is 10.2. The first-order valence-electron chi connectivity index (χ1n) is 4.96. The van der Waals surface area contributed by atoms with Gasteiger partial charge in [0.15, 0.2) is 0 Å². The van der Waals surface area contributed by atoms with Crippen LogP contribution in [-0.4, -0.2) is 16.3 Å². The SMILES string of the molecule is CSc1ccc(-c2nc(C)c(CO)s2)cc1. The van der Waals surface area contributed by atoms with Crippen molar-refractivity contribution in [3.63, 3.8) is 0 Å². The highest BCUT2D eigenvalue weighted by atomic mass is 32.2. The number of hydrogen-bond acceptors (Lipinski definition) is 4. The third-order valence-corrected chi connectivity index (χ3v) is 4.31. The van der Waals surface area contributed by atoms with Crippen LogP contribution in [-0.2, 0) is 6.61 Å². The summed E-state index contributed by atoms with van der Waals surface area (Å²) in [6.45, 7) is 2.01. The van der Waals surface area contributed by atoms with Crippen molar-refractivity contribution in [1.82, 2.24) is 4.98 Å². The highest BCUT2D eigenvalue weighted by molar-refractivity contribution is 7.98. The second-order valence-corrected chi connectivity index (χ2v) is 5.38. The Labute approximate surface area is 103 Å². The third-order valence-electron chi connectivity index (χ3n) is 2.37. The smallest absolute Gasteiger partial charge is 0.123 e. The van der Waals surface area contributed by atoms with E-state index in [0.717, 1.165) is 21.1 Å². The number of aryl methyl sites for hydroxylation is 1. The van der Waals surface area contributed by atoms with Gasteiger partial charge in [-0.15, -0.1) is 23.1 Å². The van der Waals surface area contributed by atoms with Crippen molar-refractivity contribution < 1.29 is 5.11 Å². The molecule has 1 aromatic heterocycles. The van der Waals surface area contributed by atoms with Gasteiger partial charge in [-0.2, -0.15) is 0 Å². The normalized spacial score (nSPS) is 10.7. The molecule has 16 heavy (non-hydrogen) atoms. The molecule has 0 bridgehead atoms. The molecule has 0 unspecified atom stereocenters. The van der Waals surface area contributed by atoms with Crippen LogP contribution in [0.25, 0.3) is 10.6 Å². The van der Waals surface area contributed by atoms with E-state index in [2.05, 4.69) is 35.5 Å². The zero-order valence-electron chi connectivity index (χ0n) is 9.23. The predicted octanol–water partition coefficient (Wildman–Crippen LogP) is 3.33. The Balaban J connectivity index is 2.34. The van der Waals surface area contributed by atoms with Crippen LogP contribution in [0.1, 0.15) is 10.6 Å². The molecule has 0 saturated heterocycles. The lowest BCUT2D eigenvalue weighted by Crippen LogP contribution is -1.80. The maximum absolute atomic E-state index is 9.13. The van der Waals surface area contributed by atoms with E-state index in [-0.39, 0.29) is 6.61 Å². The molecule has 0 spiro atoms. The summed E-state index contributed by atoms with van der Waals surface area (Å²) in [7, 11) is 0. The van der Waals surface area contributed by atoms with Gasteiger partial charge in [-0.25, -0.2) is 4.98 Å². The summed E-state index contributed by atoms with van der Waals surface area (Å²) in [5.74, 6) is 0. The van der Waals surface area contributed by atoms with Gasteiger partial charge in [-0.1, -0.05) is 12.1 Å². The van der Waals surface area contributed by atoms with E-state index in [0.29, 0.717) is 0 Å². The summed E-state index contributed by atoms with van der Waals surface area (Å²) >= 11 is 3.29. The number of nitrogens with zero attached hydrogens (tertiary/aromatic N) is 1. The second kappa shape index (κ2) is 4.99. The second-order valence-electron chi connectivity index (χ2n) is 3.41. The number of hydrogen-bond donors (Lipinski definition) is 1. The van der Waals surface area contributed by atoms with Crippen molar-refractivity contribution in [2.45, 2.75) is 18.4 Å². The van der Waals surface area contributed by atoms with Gasteiger partial charge < -0.3 is 5.11 Å². The number of aliphatic hydroxyl groups is 1. The van der Waals surface area contributed by atoms with Crippen molar-refractivity contribution in [2.75, 3.05) is 6.26 Å². The summed E-state index contributed by atoms with van der Waals surface area (Å²) < 4.78 is 0. The topological polar surface area (TPSA) is 33.1 Å². The standard InChI is InChI=1S/C12H13NOS2/c1-8-11(7-14)16-12(13-8)9-3-5-10(15-2)6-4-9/h3-6,14H,7H2,1-2H3. The molecular formula is C12H13NOS2. The molecule has 1 N–H and O–H groups in total. The maximum Gasteiger partial charge on any atom is 0.123 e. The monoisotopic (exact) mass is 251 g/mol. The van der Waals surface area contributed by atoms with Gasteiger partial charge in [0, 0.05) is 10.5 Å². The van der Waals surface area contributed by atoms with E-state index in [1.807, 2.05) is 6.92 Å². The fourth-order valence-corrected chi connectivity index (χ4v) is 2.77. The van der Waals surface area contributed by atoms with Gasteiger partial charge >= 0.3 is 0 Å². The minimum Gasteiger partial charge on any atom is -0.391 e. The Bertz CT molecular complexity index is 476. The van der Waals surface area contributed by atoms with Crippen LogP contribution in [0.5, 0.6) is 0 Å². The maximum atomic E-state index is 9.13. The summed E-state index contributed by atoms with van der Waals surface area (Å²) in [6, 6.07) is 8.33. The van der Waals surface area contributed by atoms with E-state index in [4.69, 9.17) is 5.11 Å². The molecule has 0 radical (unpaired) electrons. The summed E-state index contributed by atoms with van der Waals surface area (Å²) in [4.78, 5) is 6.66. The van der Waals surface area contributed by atoms with Crippen LogP contribution < -0.4 is 0 Å². The molecule has 0 amide bonds. The Morgan fingerprint density at radius 2 is 2.00 bits per heavy atom. The van der Waals surface area contributed by atoms with Crippen molar-refractivity contribution >= 4 is 23.1 Å². The largest absolute Gasteiger partial charge is 0.391 e. The Morgan fingerprint density at radius 1 is 1.31 bits per heavy atom. The molecule has 1 aromatic carbocycles. The molecule has 1 heterocycles. The number of rotatable bonds is 3. The van der Waals surface area contributed by atoms with Crippen molar-refractivity contribution in [3.8, 4) is 10.6 Å². The van der Waals surface area contributed by atoms with Crippen LogP contribution in [0.2, 0.25) is 0 Å². The van der Waals surface area contributed by atoms with Gasteiger partial charge in [-0.3, -0.25) is 0 Å². The number of aromatic nitrogens is 1. The zero-order valence-corrected chi connectivity index (χ0v) is 10.9. The van der Waals surface area contributed by atoms with E-state index in [1.54, 1.807) is 23.1 Å². The van der Waals surface area contributed by atoms with Crippen LogP contribution in [0.15, 0.2) is 29.2 Å². The first-order chi connectivity index (χ1) is 7.74. The Hall–Kier alpha value is -0.840. The highest BCUT2D eigenvalue weighted by Gasteiger charge is 2.08. The van der Waals surface area contributed by atoms with Gasteiger partial charge in [0.2, 0.25) is 0 Å². The molecule has 0 aliphatic heterocycles. The predicted molar refractivity (Wildman–Crippen MR) is 70.0 cm³/mol. The van der Waals surface area contributed by atoms with E-state index in [9.17, 15) is 0 Å². The van der Waals surface area contributed by atoms with Crippen LogP contribution in [0.3, 0.4) is 0 Å². The minimum absolute atomic E-state index is 0.0758.